The van der Waals surface area contributed by atoms with Gasteiger partial charge in [0.25, 0.3) is 11.8 Å². The van der Waals surface area contributed by atoms with Gasteiger partial charge in [0.2, 0.25) is 0 Å². The number of carbonyl (C=O) groups is 2. The zero-order valence-electron chi connectivity index (χ0n) is 28.3. The molecule has 9 nitrogen and oxygen atoms in total. The quantitative estimate of drug-likeness (QED) is 0.147. The Morgan fingerprint density at radius 3 is 1.58 bits per heavy atom. The smallest absolute Gasteiger partial charge is 0.256 e. The predicted octanol–water partition coefficient (Wildman–Crippen LogP) is 8.87. The van der Waals surface area contributed by atoms with Gasteiger partial charge < -0.3 is 15.6 Å². The number of pyridine rings is 2. The number of nitrogens with zero attached hydrogens (tertiary/aromatic N) is 4. The third-order valence-electron chi connectivity index (χ3n) is 8.64. The van der Waals surface area contributed by atoms with Gasteiger partial charge in [-0.1, -0.05) is 109 Å². The highest BCUT2D eigenvalue weighted by Crippen LogP contribution is 2.45. The molecule has 254 valence electrons. The second-order valence-electron chi connectivity index (χ2n) is 12.0. The largest absolute Gasteiger partial charge is 0.325 e. The lowest BCUT2D eigenvalue weighted by Gasteiger charge is -2.11. The number of aromatic nitrogens is 3. The topological polar surface area (TPSA) is 124 Å². The number of rotatable bonds is 8. The van der Waals surface area contributed by atoms with Crippen molar-refractivity contribution in [1.29, 1.82) is 0 Å². The van der Waals surface area contributed by atoms with E-state index < -0.39 is 0 Å². The molecule has 0 atom stereocenters. The highest BCUT2D eigenvalue weighted by molar-refractivity contribution is 6.51. The molecule has 4 aromatic carbocycles. The van der Waals surface area contributed by atoms with Gasteiger partial charge in [0.15, 0.2) is 5.84 Å². The molecule has 0 radical (unpaired) electrons. The summed E-state index contributed by atoms with van der Waals surface area (Å²) < 4.78 is 0. The first-order chi connectivity index (χ1) is 26.1. The van der Waals surface area contributed by atoms with E-state index in [0.717, 1.165) is 11.1 Å². The van der Waals surface area contributed by atoms with E-state index in [-0.39, 0.29) is 11.8 Å². The van der Waals surface area contributed by atoms with Gasteiger partial charge in [0.05, 0.1) is 22.5 Å². The standard InChI is InChI=1S/C44H31N7O2/c52-43(31-21-9-3-10-22-31)50-41-37(33-25-13-15-27-45-33)35(29-17-5-1-6-18-29)39(48-41)47-40-36(30-19-7-2-8-20-30)38(34-26-14-16-28-46-34)42(49-40)51-44(53)32-23-11-4-12-24-32/h1-28,48H,(H,50,52)(H,47,49,51,53). The van der Waals surface area contributed by atoms with Crippen molar-refractivity contribution in [2.45, 2.75) is 0 Å². The monoisotopic (exact) mass is 689 g/mol. The zero-order valence-corrected chi connectivity index (χ0v) is 28.3. The SMILES string of the molecule is O=C(NC1=NC(=Nc2[nH]c(NC(=O)c3ccccc3)c(-c3ccccn3)c2-c2ccccc2)C(c2ccccc2)=C1c1ccccn1)c1ccccc1. The van der Waals surface area contributed by atoms with Gasteiger partial charge >= 0.3 is 0 Å². The number of aromatic amines is 1. The molecule has 0 fully saturated rings. The minimum atomic E-state index is -0.320. The Bertz CT molecular complexity index is 2500. The van der Waals surface area contributed by atoms with Gasteiger partial charge in [-0.15, -0.1) is 0 Å². The van der Waals surface area contributed by atoms with Crippen molar-refractivity contribution in [2.75, 3.05) is 5.32 Å². The number of hydrogen-bond acceptors (Lipinski definition) is 5. The van der Waals surface area contributed by atoms with Crippen LogP contribution in [0.5, 0.6) is 0 Å². The molecule has 4 heterocycles. The van der Waals surface area contributed by atoms with E-state index in [1.807, 2.05) is 133 Å². The fraction of sp³-hybridized carbons (Fsp3) is 0. The molecule has 7 aromatic rings. The summed E-state index contributed by atoms with van der Waals surface area (Å²) in [6, 6.07) is 48.8. The van der Waals surface area contributed by atoms with Gasteiger partial charge in [0, 0.05) is 34.7 Å². The Morgan fingerprint density at radius 1 is 0.509 bits per heavy atom. The van der Waals surface area contributed by atoms with Crippen LogP contribution < -0.4 is 10.6 Å². The highest BCUT2D eigenvalue weighted by Gasteiger charge is 2.31. The van der Waals surface area contributed by atoms with Crippen LogP contribution in [0.2, 0.25) is 0 Å². The first-order valence-electron chi connectivity index (χ1n) is 17.0. The van der Waals surface area contributed by atoms with E-state index in [9.17, 15) is 9.59 Å². The summed E-state index contributed by atoms with van der Waals surface area (Å²) in [6.45, 7) is 0. The molecule has 53 heavy (non-hydrogen) atoms. The van der Waals surface area contributed by atoms with Crippen LogP contribution in [0.25, 0.3) is 33.5 Å². The van der Waals surface area contributed by atoms with E-state index in [1.54, 1.807) is 36.7 Å². The number of hydrogen-bond donors (Lipinski definition) is 3. The number of carbonyl (C=O) groups excluding carboxylic acids is 2. The lowest BCUT2D eigenvalue weighted by Crippen LogP contribution is -2.30. The Morgan fingerprint density at radius 2 is 1.02 bits per heavy atom. The first-order valence-corrected chi connectivity index (χ1v) is 17.0. The number of amidine groups is 2. The van der Waals surface area contributed by atoms with Gasteiger partial charge in [-0.3, -0.25) is 19.6 Å². The van der Waals surface area contributed by atoms with E-state index in [0.29, 0.717) is 68.1 Å². The van der Waals surface area contributed by atoms with E-state index in [2.05, 4.69) is 20.6 Å². The van der Waals surface area contributed by atoms with Crippen LogP contribution in [0.1, 0.15) is 32.0 Å². The second-order valence-corrected chi connectivity index (χ2v) is 12.0. The van der Waals surface area contributed by atoms with Crippen LogP contribution in [-0.4, -0.2) is 38.4 Å². The van der Waals surface area contributed by atoms with Gasteiger partial charge in [-0.25, -0.2) is 9.98 Å². The average molecular weight is 690 g/mol. The third kappa shape index (κ3) is 6.82. The molecule has 0 saturated carbocycles. The van der Waals surface area contributed by atoms with Crippen molar-refractivity contribution in [3.8, 4) is 22.4 Å². The molecule has 3 aromatic heterocycles. The molecule has 8 rings (SSSR count). The van der Waals surface area contributed by atoms with Crippen LogP contribution in [0.4, 0.5) is 11.6 Å². The van der Waals surface area contributed by atoms with Crippen LogP contribution in [0.3, 0.4) is 0 Å². The molecular formula is C44H31N7O2. The van der Waals surface area contributed by atoms with E-state index in [4.69, 9.17) is 15.0 Å². The maximum Gasteiger partial charge on any atom is 0.256 e. The van der Waals surface area contributed by atoms with Crippen molar-refractivity contribution in [3.05, 3.63) is 193 Å². The molecule has 0 aliphatic carbocycles. The molecule has 1 aliphatic heterocycles. The van der Waals surface area contributed by atoms with Gasteiger partial charge in [-0.05, 0) is 59.7 Å². The molecule has 0 bridgehead atoms. The van der Waals surface area contributed by atoms with E-state index >= 15 is 0 Å². The van der Waals surface area contributed by atoms with Crippen molar-refractivity contribution in [1.82, 2.24) is 20.3 Å². The third-order valence-corrected chi connectivity index (χ3v) is 8.64. The van der Waals surface area contributed by atoms with Gasteiger partial charge in [-0.2, -0.15) is 0 Å². The van der Waals surface area contributed by atoms with Crippen LogP contribution in [-0.2, 0) is 0 Å². The number of nitrogens with one attached hydrogen (secondary N) is 3. The molecule has 0 unspecified atom stereocenters. The van der Waals surface area contributed by atoms with E-state index in [1.165, 1.54) is 0 Å². The minimum absolute atomic E-state index is 0.296. The number of amides is 2. The Balaban J connectivity index is 1.37. The molecule has 0 saturated heterocycles. The molecule has 0 spiro atoms. The summed E-state index contributed by atoms with van der Waals surface area (Å²) in [7, 11) is 0. The summed E-state index contributed by atoms with van der Waals surface area (Å²) in [4.78, 5) is 50.3. The molecule has 1 aliphatic rings. The Kier molecular flexibility index (Phi) is 9.10. The fourth-order valence-corrected chi connectivity index (χ4v) is 6.22. The molecule has 2 amide bonds. The zero-order chi connectivity index (χ0) is 36.0. The summed E-state index contributed by atoms with van der Waals surface area (Å²) >= 11 is 0. The molecule has 9 heteroatoms. The van der Waals surface area contributed by atoms with Crippen molar-refractivity contribution in [3.63, 3.8) is 0 Å². The highest BCUT2D eigenvalue weighted by atomic mass is 16.2. The summed E-state index contributed by atoms with van der Waals surface area (Å²) in [5, 5.41) is 6.14. The normalized spacial score (nSPS) is 13.1. The maximum atomic E-state index is 13.6. The second kappa shape index (κ2) is 14.8. The Labute approximate surface area is 305 Å². The number of benzene rings is 4. The fourth-order valence-electron chi connectivity index (χ4n) is 6.22. The van der Waals surface area contributed by atoms with Crippen molar-refractivity contribution < 1.29 is 9.59 Å². The average Bonchev–Trinajstić information content (AvgIpc) is 3.76. The number of H-pyrrole nitrogens is 1. The van der Waals surface area contributed by atoms with Crippen molar-refractivity contribution >= 4 is 46.3 Å². The summed E-state index contributed by atoms with van der Waals surface area (Å²) in [6.07, 6.45) is 3.42. The molecule has 3 N–H and O–H groups in total. The number of aliphatic imine (C=N–C) groups is 2. The van der Waals surface area contributed by atoms with Crippen LogP contribution in [0.15, 0.2) is 180 Å². The summed E-state index contributed by atoms with van der Waals surface area (Å²) in [5.74, 6) is 0.890. The minimum Gasteiger partial charge on any atom is -0.325 e. The van der Waals surface area contributed by atoms with Crippen LogP contribution >= 0.6 is 0 Å². The van der Waals surface area contributed by atoms with Crippen molar-refractivity contribution in [2.24, 2.45) is 9.98 Å². The lowest BCUT2D eigenvalue weighted by atomic mass is 9.97. The van der Waals surface area contributed by atoms with Gasteiger partial charge in [0.1, 0.15) is 17.5 Å². The first kappa shape index (κ1) is 32.7. The number of anilines is 1. The maximum absolute atomic E-state index is 13.6. The predicted molar refractivity (Wildman–Crippen MR) is 210 cm³/mol. The van der Waals surface area contributed by atoms with Crippen LogP contribution in [0, 0.1) is 0 Å². The molecular weight excluding hydrogens is 659 g/mol. The lowest BCUT2D eigenvalue weighted by molar-refractivity contribution is 0.0976. The summed E-state index contributed by atoms with van der Waals surface area (Å²) in [5.41, 5.74) is 6.58. The Hall–Kier alpha value is -7.52.